The highest BCUT2D eigenvalue weighted by molar-refractivity contribution is 5.58. The van der Waals surface area contributed by atoms with Gasteiger partial charge >= 0.3 is 0 Å². The summed E-state index contributed by atoms with van der Waals surface area (Å²) in [4.78, 5) is 6.64. The molecule has 3 rings (SSSR count). The molecular weight excluding hydrogens is 246 g/mol. The average Bonchev–Trinajstić information content (AvgIpc) is 2.82. The first-order valence-corrected chi connectivity index (χ1v) is 7.17. The van der Waals surface area contributed by atoms with Gasteiger partial charge in [-0.05, 0) is 42.2 Å². The van der Waals surface area contributed by atoms with Crippen molar-refractivity contribution in [3.63, 3.8) is 0 Å². The maximum Gasteiger partial charge on any atom is 0.0397 e. The third-order valence-electron chi connectivity index (χ3n) is 3.90. The van der Waals surface area contributed by atoms with E-state index >= 15 is 0 Å². The number of anilines is 1. The molecule has 0 amide bonds. The number of rotatable bonds is 4. The van der Waals surface area contributed by atoms with Gasteiger partial charge < -0.3 is 10.2 Å². The van der Waals surface area contributed by atoms with Gasteiger partial charge in [0, 0.05) is 44.3 Å². The Kier molecular flexibility index (Phi) is 3.70. The molecule has 2 aromatic rings. The molecule has 0 unspecified atom stereocenters. The molecule has 0 saturated heterocycles. The van der Waals surface area contributed by atoms with E-state index in [0.29, 0.717) is 0 Å². The molecule has 0 bridgehead atoms. The Morgan fingerprint density at radius 1 is 1.15 bits per heavy atom. The summed E-state index contributed by atoms with van der Waals surface area (Å²) in [5.41, 5.74) is 6.52. The molecular formula is C17H21N3. The van der Waals surface area contributed by atoms with E-state index in [1.54, 1.807) is 0 Å². The van der Waals surface area contributed by atoms with E-state index in [-0.39, 0.29) is 0 Å². The number of hydrogen-bond acceptors (Lipinski definition) is 3. The Morgan fingerprint density at radius 3 is 2.75 bits per heavy atom. The Hall–Kier alpha value is -1.87. The Morgan fingerprint density at radius 2 is 1.95 bits per heavy atom. The minimum atomic E-state index is 0.865. The largest absolute Gasteiger partial charge is 0.374 e. The van der Waals surface area contributed by atoms with Crippen molar-refractivity contribution < 1.29 is 0 Å². The molecule has 1 N–H and O–H groups in total. The lowest BCUT2D eigenvalue weighted by Crippen LogP contribution is -2.13. The Labute approximate surface area is 120 Å². The van der Waals surface area contributed by atoms with Crippen LogP contribution in [0.5, 0.6) is 0 Å². The third-order valence-corrected chi connectivity index (χ3v) is 3.90. The fraction of sp³-hybridized carbons (Fsp3) is 0.353. The van der Waals surface area contributed by atoms with Crippen molar-refractivity contribution in [3.8, 4) is 0 Å². The van der Waals surface area contributed by atoms with E-state index in [1.807, 2.05) is 13.1 Å². The second-order valence-corrected chi connectivity index (χ2v) is 5.55. The molecule has 0 aliphatic carbocycles. The second-order valence-electron chi connectivity index (χ2n) is 5.55. The number of likely N-dealkylation sites (N-methyl/N-ethyl adjacent to an activating group) is 1. The highest BCUT2D eigenvalue weighted by atomic mass is 15.1. The lowest BCUT2D eigenvalue weighted by atomic mass is 10.1. The molecule has 0 saturated carbocycles. The fourth-order valence-electron chi connectivity index (χ4n) is 2.68. The normalized spacial score (nSPS) is 13.6. The van der Waals surface area contributed by atoms with Crippen LogP contribution < -0.4 is 10.2 Å². The summed E-state index contributed by atoms with van der Waals surface area (Å²) in [6, 6.07) is 11.0. The SMILES string of the molecule is Cc1ccc(CNCc2ccc3c(c2)CCN3C)cn1. The van der Waals surface area contributed by atoms with Gasteiger partial charge in [0.25, 0.3) is 0 Å². The maximum atomic E-state index is 4.31. The first kappa shape index (κ1) is 13.1. The van der Waals surface area contributed by atoms with Crippen molar-refractivity contribution >= 4 is 5.69 Å². The summed E-state index contributed by atoms with van der Waals surface area (Å²) in [5, 5.41) is 3.49. The standard InChI is InChI=1S/C17H21N3/c1-13-3-4-15(12-19-13)11-18-10-14-5-6-17-16(9-14)7-8-20(17)2/h3-6,9,12,18H,7-8,10-11H2,1-2H3. The van der Waals surface area contributed by atoms with Crippen LogP contribution in [0.25, 0.3) is 0 Å². The highest BCUT2D eigenvalue weighted by Crippen LogP contribution is 2.27. The molecule has 2 heterocycles. The number of nitrogens with one attached hydrogen (secondary N) is 1. The van der Waals surface area contributed by atoms with Gasteiger partial charge in [0.05, 0.1) is 0 Å². The summed E-state index contributed by atoms with van der Waals surface area (Å²) in [6.45, 7) is 4.93. The fourth-order valence-corrected chi connectivity index (χ4v) is 2.68. The summed E-state index contributed by atoms with van der Waals surface area (Å²) in [7, 11) is 2.16. The summed E-state index contributed by atoms with van der Waals surface area (Å²) in [6.07, 6.45) is 3.11. The number of aryl methyl sites for hydroxylation is 1. The number of pyridine rings is 1. The molecule has 0 atom stereocenters. The molecule has 0 fully saturated rings. The molecule has 1 aromatic heterocycles. The van der Waals surface area contributed by atoms with Crippen molar-refractivity contribution in [1.82, 2.24) is 10.3 Å². The summed E-state index contributed by atoms with van der Waals surface area (Å²) >= 11 is 0. The zero-order valence-electron chi connectivity index (χ0n) is 12.2. The molecule has 3 nitrogen and oxygen atoms in total. The van der Waals surface area contributed by atoms with Gasteiger partial charge in [-0.3, -0.25) is 4.98 Å². The summed E-state index contributed by atoms with van der Waals surface area (Å²) in [5.74, 6) is 0. The van der Waals surface area contributed by atoms with Crippen LogP contribution in [-0.2, 0) is 19.5 Å². The quantitative estimate of drug-likeness (QED) is 0.923. The molecule has 1 aliphatic heterocycles. The minimum absolute atomic E-state index is 0.865. The van der Waals surface area contributed by atoms with Crippen molar-refractivity contribution in [2.24, 2.45) is 0 Å². The van der Waals surface area contributed by atoms with E-state index < -0.39 is 0 Å². The molecule has 0 radical (unpaired) electrons. The third kappa shape index (κ3) is 2.83. The number of aromatic nitrogens is 1. The summed E-state index contributed by atoms with van der Waals surface area (Å²) < 4.78 is 0. The zero-order chi connectivity index (χ0) is 13.9. The predicted molar refractivity (Wildman–Crippen MR) is 82.9 cm³/mol. The topological polar surface area (TPSA) is 28.2 Å². The number of benzene rings is 1. The van der Waals surface area contributed by atoms with Crippen LogP contribution >= 0.6 is 0 Å². The minimum Gasteiger partial charge on any atom is -0.374 e. The average molecular weight is 267 g/mol. The highest BCUT2D eigenvalue weighted by Gasteiger charge is 2.15. The maximum absolute atomic E-state index is 4.31. The first-order valence-electron chi connectivity index (χ1n) is 7.17. The van der Waals surface area contributed by atoms with Crippen LogP contribution in [0.4, 0.5) is 5.69 Å². The lowest BCUT2D eigenvalue weighted by Gasteiger charge is -2.12. The molecule has 104 valence electrons. The molecule has 20 heavy (non-hydrogen) atoms. The number of nitrogens with zero attached hydrogens (tertiary/aromatic N) is 2. The number of fused-ring (bicyclic) bond motifs is 1. The molecule has 0 spiro atoms. The second kappa shape index (κ2) is 5.63. The van der Waals surface area contributed by atoms with Crippen LogP contribution in [-0.4, -0.2) is 18.6 Å². The van der Waals surface area contributed by atoms with Gasteiger partial charge in [-0.2, -0.15) is 0 Å². The zero-order valence-corrected chi connectivity index (χ0v) is 12.2. The van der Waals surface area contributed by atoms with Gasteiger partial charge in [0.15, 0.2) is 0 Å². The van der Waals surface area contributed by atoms with Crippen molar-refractivity contribution in [3.05, 3.63) is 58.9 Å². The van der Waals surface area contributed by atoms with E-state index in [1.165, 1.54) is 28.8 Å². The van der Waals surface area contributed by atoms with Crippen molar-refractivity contribution in [2.75, 3.05) is 18.5 Å². The first-order chi connectivity index (χ1) is 9.72. The lowest BCUT2D eigenvalue weighted by molar-refractivity contribution is 0.690. The van der Waals surface area contributed by atoms with E-state index in [0.717, 1.165) is 25.3 Å². The van der Waals surface area contributed by atoms with E-state index in [4.69, 9.17) is 0 Å². The van der Waals surface area contributed by atoms with E-state index in [2.05, 4.69) is 52.6 Å². The van der Waals surface area contributed by atoms with Gasteiger partial charge in [-0.1, -0.05) is 18.2 Å². The van der Waals surface area contributed by atoms with E-state index in [9.17, 15) is 0 Å². The van der Waals surface area contributed by atoms with Crippen LogP contribution in [0.1, 0.15) is 22.4 Å². The smallest absolute Gasteiger partial charge is 0.0397 e. The Balaban J connectivity index is 1.58. The van der Waals surface area contributed by atoms with Crippen LogP contribution in [0.15, 0.2) is 36.5 Å². The predicted octanol–water partition coefficient (Wildman–Crippen LogP) is 2.67. The van der Waals surface area contributed by atoms with Gasteiger partial charge in [-0.15, -0.1) is 0 Å². The molecule has 1 aromatic carbocycles. The van der Waals surface area contributed by atoms with Crippen LogP contribution in [0, 0.1) is 6.92 Å². The van der Waals surface area contributed by atoms with Crippen molar-refractivity contribution in [1.29, 1.82) is 0 Å². The van der Waals surface area contributed by atoms with Gasteiger partial charge in [0.1, 0.15) is 0 Å². The monoisotopic (exact) mass is 267 g/mol. The molecule has 3 heteroatoms. The van der Waals surface area contributed by atoms with Crippen LogP contribution in [0.3, 0.4) is 0 Å². The van der Waals surface area contributed by atoms with Gasteiger partial charge in [-0.25, -0.2) is 0 Å². The van der Waals surface area contributed by atoms with Crippen LogP contribution in [0.2, 0.25) is 0 Å². The molecule has 1 aliphatic rings. The van der Waals surface area contributed by atoms with Crippen molar-refractivity contribution in [2.45, 2.75) is 26.4 Å². The van der Waals surface area contributed by atoms with Gasteiger partial charge in [0.2, 0.25) is 0 Å². The Bertz CT molecular complexity index is 590. The number of hydrogen-bond donors (Lipinski definition) is 1.